The zero-order valence-corrected chi connectivity index (χ0v) is 7.41. The van der Waals surface area contributed by atoms with Crippen molar-refractivity contribution in [1.29, 1.82) is 0 Å². The third kappa shape index (κ3) is 1.86. The lowest BCUT2D eigenvalue weighted by atomic mass is 9.75. The topological polar surface area (TPSA) is 0 Å². The van der Waals surface area contributed by atoms with Gasteiger partial charge in [-0.05, 0) is 38.0 Å². The minimum atomic E-state index is 0.583. The van der Waals surface area contributed by atoms with Crippen molar-refractivity contribution in [3.63, 3.8) is 0 Å². The third-order valence-electron chi connectivity index (χ3n) is 2.47. The molecule has 1 aliphatic carbocycles. The number of hydrogen-bond donors (Lipinski definition) is 0. The Bertz CT molecular complexity index is 140. The summed E-state index contributed by atoms with van der Waals surface area (Å²) in [5.41, 5.74) is 2.25. The standard InChI is InChI=1S/C10H18/c1-4-9-6-5-7-10(2,3)8-9/h4H,5-8H2,1-3H3/b9-4-. The molecule has 0 aromatic heterocycles. The Balaban J connectivity index is 2.56. The lowest BCUT2D eigenvalue weighted by Crippen LogP contribution is -2.16. The van der Waals surface area contributed by atoms with Crippen LogP contribution in [0.2, 0.25) is 0 Å². The summed E-state index contributed by atoms with van der Waals surface area (Å²) in [4.78, 5) is 0. The van der Waals surface area contributed by atoms with Crippen LogP contribution in [-0.4, -0.2) is 0 Å². The summed E-state index contributed by atoms with van der Waals surface area (Å²) in [7, 11) is 0. The Kier molecular flexibility index (Phi) is 2.18. The van der Waals surface area contributed by atoms with Crippen LogP contribution in [0.15, 0.2) is 11.6 Å². The molecule has 0 aromatic rings. The van der Waals surface area contributed by atoms with Crippen LogP contribution >= 0.6 is 0 Å². The second-order valence-corrected chi connectivity index (χ2v) is 4.14. The van der Waals surface area contributed by atoms with Crippen LogP contribution in [0.3, 0.4) is 0 Å². The van der Waals surface area contributed by atoms with Gasteiger partial charge in [0.2, 0.25) is 0 Å². The van der Waals surface area contributed by atoms with Gasteiger partial charge in [-0.25, -0.2) is 0 Å². The number of allylic oxidation sites excluding steroid dienone is 2. The van der Waals surface area contributed by atoms with Gasteiger partial charge in [0.1, 0.15) is 0 Å². The fourth-order valence-corrected chi connectivity index (χ4v) is 1.83. The van der Waals surface area contributed by atoms with Gasteiger partial charge in [-0.1, -0.05) is 25.5 Å². The first-order valence-electron chi connectivity index (χ1n) is 4.28. The maximum absolute atomic E-state index is 2.37. The highest BCUT2D eigenvalue weighted by molar-refractivity contribution is 5.06. The van der Waals surface area contributed by atoms with Gasteiger partial charge in [0.15, 0.2) is 0 Å². The van der Waals surface area contributed by atoms with E-state index >= 15 is 0 Å². The van der Waals surface area contributed by atoms with Crippen molar-refractivity contribution in [2.45, 2.75) is 46.5 Å². The maximum Gasteiger partial charge on any atom is -0.0269 e. The Hall–Kier alpha value is -0.260. The van der Waals surface area contributed by atoms with Crippen molar-refractivity contribution in [3.8, 4) is 0 Å². The fourth-order valence-electron chi connectivity index (χ4n) is 1.83. The lowest BCUT2D eigenvalue weighted by molar-refractivity contribution is 0.289. The molecule has 0 spiro atoms. The van der Waals surface area contributed by atoms with E-state index in [-0.39, 0.29) is 0 Å². The van der Waals surface area contributed by atoms with E-state index < -0.39 is 0 Å². The van der Waals surface area contributed by atoms with Gasteiger partial charge in [0, 0.05) is 0 Å². The molecule has 0 N–H and O–H groups in total. The van der Waals surface area contributed by atoms with Gasteiger partial charge in [-0.15, -0.1) is 0 Å². The third-order valence-corrected chi connectivity index (χ3v) is 2.47. The second kappa shape index (κ2) is 2.77. The molecule has 1 saturated carbocycles. The smallest absolute Gasteiger partial charge is 0.0269 e. The molecule has 0 atom stereocenters. The zero-order chi connectivity index (χ0) is 7.61. The molecular weight excluding hydrogens is 120 g/mol. The molecule has 58 valence electrons. The highest BCUT2D eigenvalue weighted by Gasteiger charge is 2.22. The average Bonchev–Trinajstić information content (AvgIpc) is 1.86. The Morgan fingerprint density at radius 1 is 1.40 bits per heavy atom. The van der Waals surface area contributed by atoms with E-state index in [1.807, 2.05) is 0 Å². The van der Waals surface area contributed by atoms with E-state index in [9.17, 15) is 0 Å². The molecule has 1 fully saturated rings. The quantitative estimate of drug-likeness (QED) is 0.449. The molecule has 0 amide bonds. The molecule has 0 heterocycles. The Morgan fingerprint density at radius 2 is 2.10 bits per heavy atom. The Labute approximate surface area is 64.3 Å². The second-order valence-electron chi connectivity index (χ2n) is 4.14. The summed E-state index contributed by atoms with van der Waals surface area (Å²) < 4.78 is 0. The predicted octanol–water partition coefficient (Wildman–Crippen LogP) is 3.53. The van der Waals surface area contributed by atoms with E-state index in [1.54, 1.807) is 5.57 Å². The average molecular weight is 138 g/mol. The van der Waals surface area contributed by atoms with Crippen molar-refractivity contribution in [1.82, 2.24) is 0 Å². The molecule has 0 radical (unpaired) electrons. The van der Waals surface area contributed by atoms with Crippen LogP contribution < -0.4 is 0 Å². The summed E-state index contributed by atoms with van der Waals surface area (Å²) >= 11 is 0. The molecule has 1 rings (SSSR count). The minimum Gasteiger partial charge on any atom is -0.0884 e. The summed E-state index contributed by atoms with van der Waals surface area (Å²) in [6.07, 6.45) is 7.77. The van der Waals surface area contributed by atoms with Gasteiger partial charge in [0.25, 0.3) is 0 Å². The first-order chi connectivity index (χ1) is 4.64. The molecule has 0 nitrogen and oxygen atoms in total. The first-order valence-corrected chi connectivity index (χ1v) is 4.28. The molecule has 0 unspecified atom stereocenters. The van der Waals surface area contributed by atoms with Crippen LogP contribution in [0.5, 0.6) is 0 Å². The number of rotatable bonds is 0. The molecule has 10 heavy (non-hydrogen) atoms. The monoisotopic (exact) mass is 138 g/mol. The van der Waals surface area contributed by atoms with Crippen molar-refractivity contribution in [2.75, 3.05) is 0 Å². The first kappa shape index (κ1) is 7.84. The van der Waals surface area contributed by atoms with Crippen LogP contribution in [0, 0.1) is 5.41 Å². The predicted molar refractivity (Wildman–Crippen MR) is 46.0 cm³/mol. The lowest BCUT2D eigenvalue weighted by Gasteiger charge is -2.31. The van der Waals surface area contributed by atoms with Crippen LogP contribution in [0.1, 0.15) is 46.5 Å². The van der Waals surface area contributed by atoms with Gasteiger partial charge in [-0.3, -0.25) is 0 Å². The molecule has 1 aliphatic rings. The van der Waals surface area contributed by atoms with E-state index in [0.29, 0.717) is 5.41 Å². The largest absolute Gasteiger partial charge is 0.0884 e. The zero-order valence-electron chi connectivity index (χ0n) is 7.41. The van der Waals surface area contributed by atoms with Gasteiger partial charge < -0.3 is 0 Å². The fraction of sp³-hybridized carbons (Fsp3) is 0.800. The van der Waals surface area contributed by atoms with Crippen LogP contribution in [0.25, 0.3) is 0 Å². The maximum atomic E-state index is 2.37. The summed E-state index contributed by atoms with van der Waals surface area (Å²) in [5.74, 6) is 0. The van der Waals surface area contributed by atoms with E-state index in [1.165, 1.54) is 25.7 Å². The van der Waals surface area contributed by atoms with Crippen molar-refractivity contribution in [2.24, 2.45) is 5.41 Å². The van der Waals surface area contributed by atoms with Gasteiger partial charge in [0.05, 0.1) is 0 Å². The van der Waals surface area contributed by atoms with Crippen LogP contribution in [0.4, 0.5) is 0 Å². The number of hydrogen-bond acceptors (Lipinski definition) is 0. The van der Waals surface area contributed by atoms with Crippen LogP contribution in [-0.2, 0) is 0 Å². The Morgan fingerprint density at radius 3 is 2.50 bits per heavy atom. The van der Waals surface area contributed by atoms with Crippen molar-refractivity contribution < 1.29 is 0 Å². The molecule has 0 saturated heterocycles. The summed E-state index contributed by atoms with van der Waals surface area (Å²) in [6, 6.07) is 0. The highest BCUT2D eigenvalue weighted by Crippen LogP contribution is 2.37. The molecule has 0 aliphatic heterocycles. The SMILES string of the molecule is C/C=C1/CCCC(C)(C)C1. The van der Waals surface area contributed by atoms with Crippen molar-refractivity contribution in [3.05, 3.63) is 11.6 Å². The highest BCUT2D eigenvalue weighted by atomic mass is 14.3. The van der Waals surface area contributed by atoms with Gasteiger partial charge in [-0.2, -0.15) is 0 Å². The van der Waals surface area contributed by atoms with Gasteiger partial charge >= 0.3 is 0 Å². The molecule has 0 bridgehead atoms. The molecule has 0 heteroatoms. The minimum absolute atomic E-state index is 0.583. The van der Waals surface area contributed by atoms with E-state index in [2.05, 4.69) is 26.8 Å². The normalized spacial score (nSPS) is 28.9. The molecular formula is C10H18. The van der Waals surface area contributed by atoms with E-state index in [0.717, 1.165) is 0 Å². The summed E-state index contributed by atoms with van der Waals surface area (Å²) in [6.45, 7) is 6.90. The van der Waals surface area contributed by atoms with E-state index in [4.69, 9.17) is 0 Å². The molecule has 0 aromatic carbocycles. The van der Waals surface area contributed by atoms with Crippen molar-refractivity contribution >= 4 is 0 Å². The summed E-state index contributed by atoms with van der Waals surface area (Å²) in [5, 5.41) is 0.